The summed E-state index contributed by atoms with van der Waals surface area (Å²) in [5.74, 6) is 0. The minimum Gasteiger partial charge on any atom is -0.374 e. The zero-order valence-electron chi connectivity index (χ0n) is 23.8. The monoisotopic (exact) mass is 491 g/mol. The third kappa shape index (κ3) is 21.2. The summed E-state index contributed by atoms with van der Waals surface area (Å²) in [6, 6.07) is 0. The number of hydrogen-bond acceptors (Lipinski definition) is 3. The van der Waals surface area contributed by atoms with Gasteiger partial charge in [0.2, 0.25) is 0 Å². The second-order valence-electron chi connectivity index (χ2n) is 10.5. The quantitative estimate of drug-likeness (QED) is 0.0965. The minimum absolute atomic E-state index is 0.250. The Labute approximate surface area is 219 Å². The highest BCUT2D eigenvalue weighted by molar-refractivity contribution is 4.83. The molecule has 206 valence electrons. The van der Waals surface area contributed by atoms with Crippen molar-refractivity contribution in [2.24, 2.45) is 0 Å². The summed E-state index contributed by atoms with van der Waals surface area (Å²) in [6.07, 6.45) is 36.2. The molecule has 0 saturated carbocycles. The minimum atomic E-state index is 0.250. The van der Waals surface area contributed by atoms with Gasteiger partial charge in [0, 0.05) is 26.3 Å². The molecule has 0 radical (unpaired) electrons. The van der Waals surface area contributed by atoms with Gasteiger partial charge in [-0.05, 0) is 51.4 Å². The van der Waals surface area contributed by atoms with Crippen LogP contribution in [0.25, 0.3) is 0 Å². The van der Waals surface area contributed by atoms with E-state index in [1.165, 1.54) is 128 Å². The van der Waals surface area contributed by atoms with Gasteiger partial charge in [-0.15, -0.1) is 0 Å². The number of ether oxygens (including phenoxy) is 2. The largest absolute Gasteiger partial charge is 0.374 e. The van der Waals surface area contributed by atoms with Crippen LogP contribution in [0.2, 0.25) is 0 Å². The molecule has 3 nitrogen and oxygen atoms in total. The van der Waals surface area contributed by atoms with Crippen LogP contribution in [0.4, 0.5) is 0 Å². The fourth-order valence-corrected chi connectivity index (χ4v) is 4.69. The van der Waals surface area contributed by atoms with E-state index in [1.54, 1.807) is 0 Å². The van der Waals surface area contributed by atoms with E-state index in [4.69, 9.17) is 9.47 Å². The molecule has 1 N–H and O–H groups in total. The van der Waals surface area contributed by atoms with E-state index in [-0.39, 0.29) is 12.2 Å². The average Bonchev–Trinajstić information content (AvgIpc) is 3.32. The lowest BCUT2D eigenvalue weighted by molar-refractivity contribution is -0.0481. The van der Waals surface area contributed by atoms with E-state index in [0.29, 0.717) is 0 Å². The van der Waals surface area contributed by atoms with Crippen molar-refractivity contribution in [3.63, 3.8) is 0 Å². The van der Waals surface area contributed by atoms with E-state index in [0.717, 1.165) is 26.3 Å². The Kier molecular flexibility index (Phi) is 24.5. The Morgan fingerprint density at radius 2 is 0.829 bits per heavy atom. The van der Waals surface area contributed by atoms with Gasteiger partial charge >= 0.3 is 0 Å². The highest BCUT2D eigenvalue weighted by atomic mass is 16.5. The second-order valence-corrected chi connectivity index (χ2v) is 10.5. The third-order valence-corrected chi connectivity index (χ3v) is 7.08. The van der Waals surface area contributed by atoms with Crippen LogP contribution in [0.3, 0.4) is 0 Å². The molecule has 1 aliphatic rings. The molecule has 1 saturated heterocycles. The number of nitrogens with one attached hydrogen (secondary N) is 1. The Bertz CT molecular complexity index is 434. The summed E-state index contributed by atoms with van der Waals surface area (Å²) >= 11 is 0. The van der Waals surface area contributed by atoms with Gasteiger partial charge in [0.25, 0.3) is 0 Å². The molecular weight excluding hydrogens is 430 g/mol. The maximum Gasteiger partial charge on any atom is 0.0973 e. The Morgan fingerprint density at radius 1 is 0.486 bits per heavy atom. The highest BCUT2D eigenvalue weighted by Gasteiger charge is 2.28. The summed E-state index contributed by atoms with van der Waals surface area (Å²) in [5, 5.41) is 3.45. The van der Waals surface area contributed by atoms with Crippen LogP contribution in [0.15, 0.2) is 24.3 Å². The number of allylic oxidation sites excluding steroid dienone is 4. The number of hydrogen-bond donors (Lipinski definition) is 1. The molecule has 1 aliphatic heterocycles. The van der Waals surface area contributed by atoms with Crippen molar-refractivity contribution in [1.82, 2.24) is 5.32 Å². The first-order chi connectivity index (χ1) is 17.4. The van der Waals surface area contributed by atoms with Gasteiger partial charge in [-0.3, -0.25) is 0 Å². The van der Waals surface area contributed by atoms with E-state index >= 15 is 0 Å². The van der Waals surface area contributed by atoms with Crippen LogP contribution in [-0.2, 0) is 9.47 Å². The molecule has 0 aromatic heterocycles. The fourth-order valence-electron chi connectivity index (χ4n) is 4.69. The van der Waals surface area contributed by atoms with Gasteiger partial charge in [-0.1, -0.05) is 115 Å². The zero-order valence-corrected chi connectivity index (χ0v) is 23.8. The third-order valence-electron chi connectivity index (χ3n) is 7.08. The summed E-state index contributed by atoms with van der Waals surface area (Å²) in [4.78, 5) is 0. The van der Waals surface area contributed by atoms with Crippen molar-refractivity contribution < 1.29 is 9.47 Å². The van der Waals surface area contributed by atoms with Gasteiger partial charge in [0.1, 0.15) is 0 Å². The molecule has 0 amide bonds. The molecule has 2 atom stereocenters. The first-order valence-electron chi connectivity index (χ1n) is 15.6. The molecule has 1 unspecified atom stereocenters. The fraction of sp³-hybridized carbons (Fsp3) is 0.875. The molecule has 1 rings (SSSR count). The van der Waals surface area contributed by atoms with E-state index in [1.807, 2.05) is 0 Å². The average molecular weight is 492 g/mol. The van der Waals surface area contributed by atoms with E-state index in [9.17, 15) is 0 Å². The first-order valence-corrected chi connectivity index (χ1v) is 15.6. The van der Waals surface area contributed by atoms with Crippen molar-refractivity contribution in [1.29, 1.82) is 0 Å². The lowest BCUT2D eigenvalue weighted by Crippen LogP contribution is -2.30. The van der Waals surface area contributed by atoms with Crippen molar-refractivity contribution in [3.8, 4) is 0 Å². The molecule has 0 spiro atoms. The van der Waals surface area contributed by atoms with Crippen molar-refractivity contribution in [3.05, 3.63) is 24.3 Å². The predicted molar refractivity (Wildman–Crippen MR) is 154 cm³/mol. The van der Waals surface area contributed by atoms with E-state index in [2.05, 4.69) is 43.5 Å². The first kappa shape index (κ1) is 32.4. The lowest BCUT2D eigenvalue weighted by Gasteiger charge is -2.20. The van der Waals surface area contributed by atoms with Crippen LogP contribution in [0, 0.1) is 0 Å². The molecule has 0 aromatic rings. The van der Waals surface area contributed by atoms with Gasteiger partial charge in [-0.25, -0.2) is 0 Å². The Balaban J connectivity index is 1.86. The molecule has 1 heterocycles. The lowest BCUT2D eigenvalue weighted by atomic mass is 10.1. The molecular formula is C32H61NO2. The van der Waals surface area contributed by atoms with Crippen LogP contribution < -0.4 is 5.32 Å². The van der Waals surface area contributed by atoms with Gasteiger partial charge < -0.3 is 14.8 Å². The highest BCUT2D eigenvalue weighted by Crippen LogP contribution is 2.14. The summed E-state index contributed by atoms with van der Waals surface area (Å²) < 4.78 is 12.3. The van der Waals surface area contributed by atoms with Gasteiger partial charge in [-0.2, -0.15) is 0 Å². The smallest absolute Gasteiger partial charge is 0.0973 e. The summed E-state index contributed by atoms with van der Waals surface area (Å²) in [6.45, 7) is 8.19. The summed E-state index contributed by atoms with van der Waals surface area (Å²) in [7, 11) is 0. The number of rotatable bonds is 26. The van der Waals surface area contributed by atoms with Crippen LogP contribution >= 0.6 is 0 Å². The normalized spacial score (nSPS) is 18.5. The van der Waals surface area contributed by atoms with Crippen molar-refractivity contribution in [2.45, 2.75) is 154 Å². The van der Waals surface area contributed by atoms with Crippen molar-refractivity contribution in [2.75, 3.05) is 26.3 Å². The zero-order chi connectivity index (χ0) is 25.1. The predicted octanol–water partition coefficient (Wildman–Crippen LogP) is 9.31. The van der Waals surface area contributed by atoms with Crippen LogP contribution in [0.5, 0.6) is 0 Å². The standard InChI is InChI=1S/C32H61NO2/c1-3-5-7-9-11-13-15-17-19-21-23-25-27-34-31-29-33-30-32(31)35-28-26-24-22-20-18-16-14-12-10-8-6-4-2/h9-12,31-33H,3-8,13-30H2,1-2H3/t31-,32?/m1/s1. The molecule has 0 aliphatic carbocycles. The maximum absolute atomic E-state index is 6.17. The number of unbranched alkanes of at least 4 members (excludes halogenated alkanes) is 16. The van der Waals surface area contributed by atoms with Crippen molar-refractivity contribution >= 4 is 0 Å². The molecule has 0 bridgehead atoms. The van der Waals surface area contributed by atoms with Gasteiger partial charge in [0.15, 0.2) is 0 Å². The maximum atomic E-state index is 6.17. The molecule has 1 fully saturated rings. The molecule has 3 heteroatoms. The second kappa shape index (κ2) is 26.4. The Morgan fingerprint density at radius 3 is 1.23 bits per heavy atom. The topological polar surface area (TPSA) is 30.5 Å². The molecule has 35 heavy (non-hydrogen) atoms. The summed E-state index contributed by atoms with van der Waals surface area (Å²) in [5.41, 5.74) is 0. The van der Waals surface area contributed by atoms with Crippen LogP contribution in [-0.4, -0.2) is 38.5 Å². The van der Waals surface area contributed by atoms with Crippen LogP contribution in [0.1, 0.15) is 142 Å². The van der Waals surface area contributed by atoms with E-state index < -0.39 is 0 Å². The van der Waals surface area contributed by atoms with Gasteiger partial charge in [0.05, 0.1) is 12.2 Å². The Hall–Kier alpha value is -0.640. The molecule has 0 aromatic carbocycles. The SMILES string of the molecule is CCCCC=CCCCCCCCCOC1CNC[C@H]1OCCCCCCCCC=CCCCC.